The van der Waals surface area contributed by atoms with Gasteiger partial charge in [-0.25, -0.2) is 0 Å². The van der Waals surface area contributed by atoms with Crippen molar-refractivity contribution < 1.29 is 4.79 Å². The van der Waals surface area contributed by atoms with Crippen molar-refractivity contribution in [2.45, 2.75) is 13.8 Å². The Labute approximate surface area is 137 Å². The first kappa shape index (κ1) is 15.7. The molecule has 0 aliphatic carbocycles. The molecular formula is C16H15BrN2OS. The van der Waals surface area contributed by atoms with Gasteiger partial charge in [-0.3, -0.25) is 10.1 Å². The van der Waals surface area contributed by atoms with Crippen LogP contribution in [0, 0.1) is 13.8 Å². The quantitative estimate of drug-likeness (QED) is 0.786. The second kappa shape index (κ2) is 6.83. The highest BCUT2D eigenvalue weighted by Gasteiger charge is 2.12. The maximum atomic E-state index is 12.2. The lowest BCUT2D eigenvalue weighted by Crippen LogP contribution is -2.34. The molecule has 0 fully saturated rings. The average Bonchev–Trinajstić information content (AvgIpc) is 2.43. The van der Waals surface area contributed by atoms with Gasteiger partial charge in [0.1, 0.15) is 0 Å². The molecule has 0 saturated heterocycles. The van der Waals surface area contributed by atoms with E-state index in [2.05, 4.69) is 26.6 Å². The Bertz CT molecular complexity index is 680. The lowest BCUT2D eigenvalue weighted by molar-refractivity contribution is 0.0977. The third-order valence-electron chi connectivity index (χ3n) is 3.07. The standard InChI is InChI=1S/C16H15BrN2OS/c1-10-6-5-7-11(2)14(10)18-16(21)19-15(20)12-8-3-4-9-13(12)17/h3-9H,1-2H3,(H2,18,19,20,21). The molecule has 0 radical (unpaired) electrons. The molecule has 2 aromatic carbocycles. The molecule has 0 spiro atoms. The summed E-state index contributed by atoms with van der Waals surface area (Å²) < 4.78 is 0.734. The Kier molecular flexibility index (Phi) is 5.09. The zero-order valence-corrected chi connectivity index (χ0v) is 14.1. The summed E-state index contributed by atoms with van der Waals surface area (Å²) in [7, 11) is 0. The van der Waals surface area contributed by atoms with Crippen molar-refractivity contribution in [1.82, 2.24) is 5.32 Å². The van der Waals surface area contributed by atoms with Crippen molar-refractivity contribution in [3.63, 3.8) is 0 Å². The molecule has 21 heavy (non-hydrogen) atoms. The average molecular weight is 363 g/mol. The van der Waals surface area contributed by atoms with Crippen molar-refractivity contribution in [2.24, 2.45) is 0 Å². The molecule has 0 saturated carbocycles. The lowest BCUT2D eigenvalue weighted by atomic mass is 10.1. The first-order chi connectivity index (χ1) is 9.99. The van der Waals surface area contributed by atoms with E-state index in [4.69, 9.17) is 12.2 Å². The number of hydrogen-bond donors (Lipinski definition) is 2. The van der Waals surface area contributed by atoms with Crippen LogP contribution in [0.3, 0.4) is 0 Å². The predicted molar refractivity (Wildman–Crippen MR) is 93.7 cm³/mol. The maximum absolute atomic E-state index is 12.2. The molecule has 3 nitrogen and oxygen atoms in total. The highest BCUT2D eigenvalue weighted by Crippen LogP contribution is 2.19. The zero-order valence-electron chi connectivity index (χ0n) is 11.7. The van der Waals surface area contributed by atoms with Crippen LogP contribution in [-0.4, -0.2) is 11.0 Å². The minimum absolute atomic E-state index is 0.244. The number of carbonyl (C=O) groups is 1. The van der Waals surface area contributed by atoms with E-state index in [0.717, 1.165) is 21.3 Å². The second-order valence-corrected chi connectivity index (χ2v) is 5.92. The smallest absolute Gasteiger partial charge is 0.258 e. The van der Waals surface area contributed by atoms with Gasteiger partial charge in [0.25, 0.3) is 5.91 Å². The van der Waals surface area contributed by atoms with Crippen LogP contribution in [0.25, 0.3) is 0 Å². The molecule has 0 aliphatic heterocycles. The number of halogens is 1. The minimum Gasteiger partial charge on any atom is -0.332 e. The number of amides is 1. The van der Waals surface area contributed by atoms with Crippen LogP contribution in [-0.2, 0) is 0 Å². The fraction of sp³-hybridized carbons (Fsp3) is 0.125. The molecule has 1 amide bonds. The number of aryl methyl sites for hydroxylation is 2. The molecule has 0 unspecified atom stereocenters. The topological polar surface area (TPSA) is 41.1 Å². The summed E-state index contributed by atoms with van der Waals surface area (Å²) in [5, 5.41) is 6.06. The van der Waals surface area contributed by atoms with Gasteiger partial charge in [0.15, 0.2) is 5.11 Å². The largest absolute Gasteiger partial charge is 0.332 e. The summed E-state index contributed by atoms with van der Waals surface area (Å²) >= 11 is 8.57. The third kappa shape index (κ3) is 3.89. The predicted octanol–water partition coefficient (Wildman–Crippen LogP) is 4.19. The zero-order chi connectivity index (χ0) is 15.4. The van der Waals surface area contributed by atoms with E-state index < -0.39 is 0 Å². The van der Waals surface area contributed by atoms with Gasteiger partial charge >= 0.3 is 0 Å². The van der Waals surface area contributed by atoms with E-state index in [0.29, 0.717) is 5.56 Å². The van der Waals surface area contributed by atoms with Gasteiger partial charge in [-0.15, -0.1) is 0 Å². The van der Waals surface area contributed by atoms with Crippen LogP contribution in [0.5, 0.6) is 0 Å². The molecule has 2 aromatic rings. The summed E-state index contributed by atoms with van der Waals surface area (Å²) in [4.78, 5) is 12.2. The number of benzene rings is 2. The maximum Gasteiger partial charge on any atom is 0.258 e. The van der Waals surface area contributed by atoms with Crippen molar-refractivity contribution in [2.75, 3.05) is 5.32 Å². The van der Waals surface area contributed by atoms with Gasteiger partial charge in [0.2, 0.25) is 0 Å². The van der Waals surface area contributed by atoms with Crippen LogP contribution in [0.2, 0.25) is 0 Å². The molecule has 2 N–H and O–H groups in total. The highest BCUT2D eigenvalue weighted by atomic mass is 79.9. The van der Waals surface area contributed by atoms with Crippen LogP contribution in [0.1, 0.15) is 21.5 Å². The summed E-state index contributed by atoms with van der Waals surface area (Å²) in [5.41, 5.74) is 3.62. The molecule has 5 heteroatoms. The molecule has 0 aromatic heterocycles. The van der Waals surface area contributed by atoms with Crippen molar-refractivity contribution in [3.8, 4) is 0 Å². The normalized spacial score (nSPS) is 10.0. The van der Waals surface area contributed by atoms with E-state index in [-0.39, 0.29) is 11.0 Å². The fourth-order valence-electron chi connectivity index (χ4n) is 1.97. The molecule has 0 atom stereocenters. The van der Waals surface area contributed by atoms with E-state index in [1.807, 2.05) is 50.2 Å². The fourth-order valence-corrected chi connectivity index (χ4v) is 2.63. The van der Waals surface area contributed by atoms with Crippen LogP contribution in [0.15, 0.2) is 46.9 Å². The third-order valence-corrected chi connectivity index (χ3v) is 3.96. The number of hydrogen-bond acceptors (Lipinski definition) is 2. The van der Waals surface area contributed by atoms with Crippen LogP contribution < -0.4 is 10.6 Å². The lowest BCUT2D eigenvalue weighted by Gasteiger charge is -2.14. The van der Waals surface area contributed by atoms with Gasteiger partial charge in [-0.2, -0.15) is 0 Å². The summed E-state index contributed by atoms with van der Waals surface area (Å²) in [6.45, 7) is 3.99. The molecular weight excluding hydrogens is 348 g/mol. The van der Waals surface area contributed by atoms with Crippen molar-refractivity contribution in [3.05, 3.63) is 63.6 Å². The highest BCUT2D eigenvalue weighted by molar-refractivity contribution is 9.10. The minimum atomic E-state index is -0.244. The Morgan fingerprint density at radius 1 is 1.05 bits per heavy atom. The molecule has 0 aliphatic rings. The van der Waals surface area contributed by atoms with E-state index in [1.54, 1.807) is 6.07 Å². The number of anilines is 1. The van der Waals surface area contributed by atoms with Crippen LogP contribution in [0.4, 0.5) is 5.69 Å². The first-order valence-corrected chi connectivity index (χ1v) is 7.62. The molecule has 0 heterocycles. The Hall–Kier alpha value is -1.72. The van der Waals surface area contributed by atoms with E-state index >= 15 is 0 Å². The number of para-hydroxylation sites is 1. The molecule has 108 valence electrons. The number of carbonyl (C=O) groups excluding carboxylic acids is 1. The van der Waals surface area contributed by atoms with Gasteiger partial charge in [0, 0.05) is 10.2 Å². The Morgan fingerprint density at radius 3 is 2.29 bits per heavy atom. The monoisotopic (exact) mass is 362 g/mol. The summed E-state index contributed by atoms with van der Waals surface area (Å²) in [6, 6.07) is 13.2. The van der Waals surface area contributed by atoms with Gasteiger partial charge in [-0.1, -0.05) is 30.3 Å². The number of thiocarbonyl (C=S) groups is 1. The SMILES string of the molecule is Cc1cccc(C)c1NC(=S)NC(=O)c1ccccc1Br. The Balaban J connectivity index is 2.09. The number of rotatable bonds is 2. The second-order valence-electron chi connectivity index (χ2n) is 4.65. The van der Waals surface area contributed by atoms with Gasteiger partial charge < -0.3 is 5.32 Å². The summed E-state index contributed by atoms with van der Waals surface area (Å²) in [6.07, 6.45) is 0. The molecule has 0 bridgehead atoms. The summed E-state index contributed by atoms with van der Waals surface area (Å²) in [5.74, 6) is -0.244. The van der Waals surface area contributed by atoms with E-state index in [1.165, 1.54) is 0 Å². The first-order valence-electron chi connectivity index (χ1n) is 6.42. The molecule has 2 rings (SSSR count). The van der Waals surface area contributed by atoms with Crippen LogP contribution >= 0.6 is 28.1 Å². The van der Waals surface area contributed by atoms with Gasteiger partial charge in [0.05, 0.1) is 5.56 Å². The van der Waals surface area contributed by atoms with E-state index in [9.17, 15) is 4.79 Å². The Morgan fingerprint density at radius 2 is 1.67 bits per heavy atom. The van der Waals surface area contributed by atoms with Crippen molar-refractivity contribution >= 4 is 44.9 Å². The van der Waals surface area contributed by atoms with Gasteiger partial charge in [-0.05, 0) is 65.3 Å². The number of nitrogens with one attached hydrogen (secondary N) is 2. The van der Waals surface area contributed by atoms with Crippen molar-refractivity contribution in [1.29, 1.82) is 0 Å².